The van der Waals surface area contributed by atoms with Crippen molar-refractivity contribution in [1.82, 2.24) is 24.1 Å². The second kappa shape index (κ2) is 14.7. The molecule has 0 fully saturated rings. The smallest absolute Gasteiger partial charge is 0.164 e. The standard InChI is InChI=1S/C57H37N5/c1-5-19-38(20-6-1)41-35-42(57-59-55(39-21-7-2-8-22-39)58-56(60-57)40-23-9-3-10-24-40)37-44(36-41)62-50-32-15-13-27-45(50)47-30-17-31-48(54(47)62)46-29-18-34-52-53(46)49-28-14-16-33-51(49)61(52)43-25-11-4-12-26-43/h1-37H. The molecule has 0 amide bonds. The average Bonchev–Trinajstić information content (AvgIpc) is 3.88. The van der Waals surface area contributed by atoms with Gasteiger partial charge in [-0.05, 0) is 65.2 Å². The first-order valence-electron chi connectivity index (χ1n) is 21.0. The van der Waals surface area contributed by atoms with Gasteiger partial charge in [-0.25, -0.2) is 15.0 Å². The lowest BCUT2D eigenvalue weighted by Crippen LogP contribution is -2.02. The van der Waals surface area contributed by atoms with Crippen LogP contribution in [0, 0.1) is 0 Å². The molecule has 0 atom stereocenters. The van der Waals surface area contributed by atoms with Gasteiger partial charge in [0.25, 0.3) is 0 Å². The van der Waals surface area contributed by atoms with Gasteiger partial charge < -0.3 is 9.13 Å². The van der Waals surface area contributed by atoms with Crippen LogP contribution in [0.15, 0.2) is 224 Å². The second-order valence-electron chi connectivity index (χ2n) is 15.6. The number of hydrogen-bond acceptors (Lipinski definition) is 3. The summed E-state index contributed by atoms with van der Waals surface area (Å²) in [6, 6.07) is 79.4. The van der Waals surface area contributed by atoms with Crippen molar-refractivity contribution in [2.24, 2.45) is 0 Å². The molecule has 0 bridgehead atoms. The lowest BCUT2D eigenvalue weighted by Gasteiger charge is -2.16. The molecule has 0 saturated heterocycles. The van der Waals surface area contributed by atoms with Crippen molar-refractivity contribution in [3.63, 3.8) is 0 Å². The molecule has 290 valence electrons. The van der Waals surface area contributed by atoms with Crippen LogP contribution in [0.1, 0.15) is 0 Å². The van der Waals surface area contributed by atoms with E-state index in [0.717, 1.165) is 55.8 Å². The third-order valence-corrected chi connectivity index (χ3v) is 11.9. The minimum absolute atomic E-state index is 0.608. The van der Waals surface area contributed by atoms with Gasteiger partial charge in [-0.1, -0.05) is 176 Å². The second-order valence-corrected chi connectivity index (χ2v) is 15.6. The van der Waals surface area contributed by atoms with E-state index in [9.17, 15) is 0 Å². The van der Waals surface area contributed by atoms with E-state index in [4.69, 9.17) is 15.0 Å². The average molecular weight is 792 g/mol. The van der Waals surface area contributed by atoms with Crippen LogP contribution < -0.4 is 0 Å². The Hall–Kier alpha value is -8.41. The van der Waals surface area contributed by atoms with Gasteiger partial charge in [-0.2, -0.15) is 0 Å². The Morgan fingerprint density at radius 1 is 0.274 bits per heavy atom. The summed E-state index contributed by atoms with van der Waals surface area (Å²) in [6.45, 7) is 0. The van der Waals surface area contributed by atoms with Crippen LogP contribution in [0.4, 0.5) is 0 Å². The van der Waals surface area contributed by atoms with E-state index in [0.29, 0.717) is 17.5 Å². The van der Waals surface area contributed by atoms with Crippen LogP contribution >= 0.6 is 0 Å². The molecule has 3 aromatic heterocycles. The van der Waals surface area contributed by atoms with E-state index >= 15 is 0 Å². The Balaban J connectivity index is 1.16. The molecule has 5 heteroatoms. The van der Waals surface area contributed by atoms with E-state index in [-0.39, 0.29) is 0 Å². The minimum atomic E-state index is 0.608. The Kier molecular flexibility index (Phi) is 8.42. The monoisotopic (exact) mass is 791 g/mol. The number of hydrogen-bond donors (Lipinski definition) is 0. The predicted molar refractivity (Wildman–Crippen MR) is 256 cm³/mol. The summed E-state index contributed by atoms with van der Waals surface area (Å²) in [5, 5.41) is 4.81. The van der Waals surface area contributed by atoms with E-state index in [2.05, 4.69) is 197 Å². The molecule has 0 saturated carbocycles. The molecule has 0 aliphatic carbocycles. The van der Waals surface area contributed by atoms with Crippen LogP contribution in [0.5, 0.6) is 0 Å². The highest BCUT2D eigenvalue weighted by molar-refractivity contribution is 6.20. The van der Waals surface area contributed by atoms with Gasteiger partial charge in [-0.3, -0.25) is 0 Å². The number of aromatic nitrogens is 5. The lowest BCUT2D eigenvalue weighted by molar-refractivity contribution is 1.07. The Labute approximate surface area is 358 Å². The quantitative estimate of drug-likeness (QED) is 0.162. The molecule has 3 heterocycles. The number of fused-ring (bicyclic) bond motifs is 6. The summed E-state index contributed by atoms with van der Waals surface area (Å²) in [7, 11) is 0. The van der Waals surface area contributed by atoms with Gasteiger partial charge in [-0.15, -0.1) is 0 Å². The number of para-hydroxylation sites is 4. The van der Waals surface area contributed by atoms with E-state index in [1.54, 1.807) is 0 Å². The van der Waals surface area contributed by atoms with Gasteiger partial charge in [0.15, 0.2) is 17.5 Å². The first-order chi connectivity index (χ1) is 30.8. The maximum absolute atomic E-state index is 5.20. The number of benzene rings is 9. The third-order valence-electron chi connectivity index (χ3n) is 11.9. The highest BCUT2D eigenvalue weighted by atomic mass is 15.0. The van der Waals surface area contributed by atoms with Crippen molar-refractivity contribution in [1.29, 1.82) is 0 Å². The highest BCUT2D eigenvalue weighted by Gasteiger charge is 2.22. The third kappa shape index (κ3) is 5.90. The molecule has 0 radical (unpaired) electrons. The molecule has 5 nitrogen and oxygen atoms in total. The van der Waals surface area contributed by atoms with Crippen LogP contribution in [0.25, 0.3) is 111 Å². The molecule has 0 spiro atoms. The molecule has 0 unspecified atom stereocenters. The Bertz CT molecular complexity index is 3550. The molecule has 0 aliphatic heterocycles. The van der Waals surface area contributed by atoms with Crippen LogP contribution in [0.3, 0.4) is 0 Å². The van der Waals surface area contributed by atoms with Crippen molar-refractivity contribution in [2.45, 2.75) is 0 Å². The summed E-state index contributed by atoms with van der Waals surface area (Å²) in [6.07, 6.45) is 0. The lowest BCUT2D eigenvalue weighted by atomic mass is 9.97. The van der Waals surface area contributed by atoms with Gasteiger partial charge in [0.1, 0.15) is 0 Å². The van der Waals surface area contributed by atoms with Gasteiger partial charge >= 0.3 is 0 Å². The van der Waals surface area contributed by atoms with Gasteiger partial charge in [0.05, 0.1) is 22.1 Å². The van der Waals surface area contributed by atoms with Crippen LogP contribution in [-0.4, -0.2) is 24.1 Å². The summed E-state index contributed by atoms with van der Waals surface area (Å²) in [5.41, 5.74) is 14.0. The number of rotatable bonds is 7. The van der Waals surface area contributed by atoms with Gasteiger partial charge in [0, 0.05) is 55.2 Å². The first kappa shape index (κ1) is 35.5. The topological polar surface area (TPSA) is 48.5 Å². The van der Waals surface area contributed by atoms with Crippen LogP contribution in [-0.2, 0) is 0 Å². The molecule has 9 aromatic carbocycles. The molecule has 12 rings (SSSR count). The van der Waals surface area contributed by atoms with Crippen molar-refractivity contribution < 1.29 is 0 Å². The maximum atomic E-state index is 5.20. The summed E-state index contributed by atoms with van der Waals surface area (Å²) in [5.74, 6) is 1.86. The first-order valence-corrected chi connectivity index (χ1v) is 21.0. The molecule has 0 N–H and O–H groups in total. The normalized spacial score (nSPS) is 11.5. The van der Waals surface area contributed by atoms with Crippen molar-refractivity contribution in [3.05, 3.63) is 224 Å². The molecular weight excluding hydrogens is 755 g/mol. The van der Waals surface area contributed by atoms with Crippen molar-refractivity contribution >= 4 is 43.6 Å². The molecule has 0 aliphatic rings. The fourth-order valence-electron chi connectivity index (χ4n) is 9.21. The van der Waals surface area contributed by atoms with E-state index in [1.165, 1.54) is 38.1 Å². The van der Waals surface area contributed by atoms with E-state index < -0.39 is 0 Å². The summed E-state index contributed by atoms with van der Waals surface area (Å²) >= 11 is 0. The summed E-state index contributed by atoms with van der Waals surface area (Å²) < 4.78 is 4.84. The summed E-state index contributed by atoms with van der Waals surface area (Å²) in [4.78, 5) is 15.4. The highest BCUT2D eigenvalue weighted by Crippen LogP contribution is 2.44. The Morgan fingerprint density at radius 3 is 1.40 bits per heavy atom. The maximum Gasteiger partial charge on any atom is 0.164 e. The predicted octanol–water partition coefficient (Wildman–Crippen LogP) is 14.4. The minimum Gasteiger partial charge on any atom is -0.309 e. The fourth-order valence-corrected chi connectivity index (χ4v) is 9.21. The molecule has 12 aromatic rings. The van der Waals surface area contributed by atoms with Crippen molar-refractivity contribution in [3.8, 4) is 67.8 Å². The van der Waals surface area contributed by atoms with E-state index in [1.807, 2.05) is 36.4 Å². The van der Waals surface area contributed by atoms with Crippen molar-refractivity contribution in [2.75, 3.05) is 0 Å². The Morgan fingerprint density at radius 2 is 0.742 bits per heavy atom. The van der Waals surface area contributed by atoms with Gasteiger partial charge in [0.2, 0.25) is 0 Å². The van der Waals surface area contributed by atoms with Crippen LogP contribution in [0.2, 0.25) is 0 Å². The molecular formula is C57H37N5. The largest absolute Gasteiger partial charge is 0.309 e. The zero-order valence-electron chi connectivity index (χ0n) is 33.6. The fraction of sp³-hybridized carbons (Fsp3) is 0. The zero-order valence-corrected chi connectivity index (χ0v) is 33.6. The zero-order chi connectivity index (χ0) is 41.0. The number of nitrogens with zero attached hydrogens (tertiary/aromatic N) is 5. The SMILES string of the molecule is c1ccc(-c2cc(-c3nc(-c4ccccc4)nc(-c4ccccc4)n3)cc(-n3c4ccccc4c4cccc(-c5cccc6c5c5ccccc5n6-c5ccccc5)c43)c2)cc1. The molecule has 62 heavy (non-hydrogen) atoms.